The van der Waals surface area contributed by atoms with Gasteiger partial charge in [0.05, 0.1) is 25.6 Å². The zero-order chi connectivity index (χ0) is 23.5. The smallest absolute Gasteiger partial charge is 0.224 e. The lowest BCUT2D eigenvalue weighted by Crippen LogP contribution is -2.57. The second-order valence-electron chi connectivity index (χ2n) is 9.24. The van der Waals surface area contributed by atoms with Gasteiger partial charge in [-0.3, -0.25) is 9.59 Å². The number of benzene rings is 1. The normalized spacial score (nSPS) is 20.5. The topological polar surface area (TPSA) is 112 Å². The highest BCUT2D eigenvalue weighted by atomic mass is 16.2. The third kappa shape index (κ3) is 8.31. The van der Waals surface area contributed by atoms with Gasteiger partial charge < -0.3 is 20.4 Å². The molecule has 33 heavy (non-hydrogen) atoms. The average Bonchev–Trinajstić information content (AvgIpc) is 3.25. The van der Waals surface area contributed by atoms with Gasteiger partial charge in [0.15, 0.2) is 12.4 Å². The third-order valence-corrected chi connectivity index (χ3v) is 6.49. The highest BCUT2D eigenvalue weighted by molar-refractivity contribution is 5.79. The maximum Gasteiger partial charge on any atom is 0.224 e. The summed E-state index contributed by atoms with van der Waals surface area (Å²) in [6.07, 6.45) is 12.4. The largest absolute Gasteiger partial charge is 0.351 e. The second kappa shape index (κ2) is 12.7. The Labute approximate surface area is 196 Å². The summed E-state index contributed by atoms with van der Waals surface area (Å²) in [6.45, 7) is 2.75. The van der Waals surface area contributed by atoms with Crippen molar-refractivity contribution in [1.82, 2.24) is 20.4 Å². The van der Waals surface area contributed by atoms with Gasteiger partial charge in [0.1, 0.15) is 0 Å². The summed E-state index contributed by atoms with van der Waals surface area (Å²) in [5, 5.41) is 23.2. The van der Waals surface area contributed by atoms with Crippen LogP contribution in [-0.2, 0) is 16.0 Å². The summed E-state index contributed by atoms with van der Waals surface area (Å²) in [7, 11) is 0. The first-order chi connectivity index (χ1) is 16.1. The van der Waals surface area contributed by atoms with Crippen LogP contribution in [0.25, 0.3) is 0 Å². The van der Waals surface area contributed by atoms with Crippen molar-refractivity contribution in [1.29, 1.82) is 10.5 Å². The fourth-order valence-corrected chi connectivity index (χ4v) is 4.62. The van der Waals surface area contributed by atoms with Crippen LogP contribution >= 0.6 is 0 Å². The van der Waals surface area contributed by atoms with Gasteiger partial charge in [-0.05, 0) is 30.7 Å². The zero-order valence-electron chi connectivity index (χ0n) is 19.2. The molecule has 0 radical (unpaired) electrons. The Morgan fingerprint density at radius 2 is 1.48 bits per heavy atom. The first-order valence-corrected chi connectivity index (χ1v) is 12.0. The van der Waals surface area contributed by atoms with Crippen LogP contribution in [0.3, 0.4) is 0 Å². The summed E-state index contributed by atoms with van der Waals surface area (Å²) < 4.78 is 0. The minimum absolute atomic E-state index is 0.0287. The van der Waals surface area contributed by atoms with Gasteiger partial charge in [0.25, 0.3) is 0 Å². The molecule has 1 atom stereocenters. The van der Waals surface area contributed by atoms with Gasteiger partial charge in [-0.1, -0.05) is 49.6 Å². The third-order valence-electron chi connectivity index (χ3n) is 6.49. The Morgan fingerprint density at radius 3 is 2.12 bits per heavy atom. The van der Waals surface area contributed by atoms with Gasteiger partial charge in [0.2, 0.25) is 11.8 Å². The van der Waals surface area contributed by atoms with Gasteiger partial charge in [-0.2, -0.15) is 10.5 Å². The van der Waals surface area contributed by atoms with E-state index in [0.717, 1.165) is 18.5 Å². The van der Waals surface area contributed by atoms with Crippen LogP contribution in [0.4, 0.5) is 0 Å². The van der Waals surface area contributed by atoms with Crippen molar-refractivity contribution in [2.45, 2.75) is 63.5 Å². The number of hydrogen-bond donors (Lipinski definition) is 2. The van der Waals surface area contributed by atoms with Gasteiger partial charge in [-0.25, -0.2) is 0 Å². The molecule has 0 spiro atoms. The van der Waals surface area contributed by atoms with Gasteiger partial charge in [-0.15, -0.1) is 0 Å². The Balaban J connectivity index is 0.000000186. The fraction of sp³-hybridized carbons (Fsp3) is 0.600. The molecular formula is C25H34N6O2. The van der Waals surface area contributed by atoms with Crippen LogP contribution < -0.4 is 10.6 Å². The van der Waals surface area contributed by atoms with E-state index < -0.39 is 0 Å². The Hall–Kier alpha value is -3.26. The van der Waals surface area contributed by atoms with E-state index in [4.69, 9.17) is 10.5 Å². The van der Waals surface area contributed by atoms with Crippen LogP contribution in [-0.4, -0.2) is 59.9 Å². The highest BCUT2D eigenvalue weighted by Crippen LogP contribution is 2.26. The Morgan fingerprint density at radius 1 is 0.848 bits per heavy atom. The summed E-state index contributed by atoms with van der Waals surface area (Å²) in [4.78, 5) is 26.8. The molecule has 3 aliphatic rings. The van der Waals surface area contributed by atoms with Crippen molar-refractivity contribution in [3.63, 3.8) is 0 Å². The molecule has 0 aromatic heterocycles. The second-order valence-corrected chi connectivity index (χ2v) is 9.24. The number of likely N-dealkylation sites (tertiary alicyclic amines) is 2. The van der Waals surface area contributed by atoms with Crippen molar-refractivity contribution in [2.24, 2.45) is 5.92 Å². The molecule has 8 nitrogen and oxygen atoms in total. The molecule has 1 aromatic carbocycles. The molecule has 2 aliphatic heterocycles. The number of carbonyl (C=O) groups is 2. The molecule has 1 aromatic rings. The zero-order valence-corrected chi connectivity index (χ0v) is 19.2. The fourth-order valence-electron chi connectivity index (χ4n) is 4.62. The predicted molar refractivity (Wildman–Crippen MR) is 124 cm³/mol. The Kier molecular flexibility index (Phi) is 9.38. The number of carbonyl (C=O) groups excluding carboxylic acids is 2. The number of nitrogens with one attached hydrogen (secondary N) is 2. The van der Waals surface area contributed by atoms with Crippen LogP contribution in [0.15, 0.2) is 30.3 Å². The lowest BCUT2D eigenvalue weighted by molar-refractivity contribution is -0.124. The number of hydrogen-bond acceptors (Lipinski definition) is 6. The minimum atomic E-state index is 0.0287. The maximum absolute atomic E-state index is 11.8. The van der Waals surface area contributed by atoms with Crippen LogP contribution in [0, 0.1) is 28.8 Å². The summed E-state index contributed by atoms with van der Waals surface area (Å²) in [5.74, 6) is 0.802. The monoisotopic (exact) mass is 450 g/mol. The van der Waals surface area contributed by atoms with E-state index in [0.29, 0.717) is 38.4 Å². The standard InChI is InChI=1S/C13H15N3O.C12H19N3O/c14-10-16-7-6-12(9-16)15-13(17)8-11-4-2-1-3-5-11;13-9-15-7-11(8-15)14-12(16)6-10-4-2-1-3-5-10/h1-5,12H,6-9H2,(H,15,17);10-11H,1-8H2,(H,14,16). The minimum Gasteiger partial charge on any atom is -0.351 e. The number of nitrogens with zero attached hydrogens (tertiary/aromatic N) is 4. The van der Waals surface area contributed by atoms with Gasteiger partial charge in [0, 0.05) is 25.6 Å². The molecule has 1 saturated carbocycles. The molecular weight excluding hydrogens is 416 g/mol. The maximum atomic E-state index is 11.8. The molecule has 3 fully saturated rings. The Bertz CT molecular complexity index is 850. The highest BCUT2D eigenvalue weighted by Gasteiger charge is 2.28. The molecule has 1 unspecified atom stereocenters. The quantitative estimate of drug-likeness (QED) is 0.642. The molecule has 2 N–H and O–H groups in total. The van der Waals surface area contributed by atoms with Crippen molar-refractivity contribution >= 4 is 11.8 Å². The van der Waals surface area contributed by atoms with E-state index >= 15 is 0 Å². The van der Waals surface area contributed by atoms with E-state index in [1.165, 1.54) is 32.1 Å². The summed E-state index contributed by atoms with van der Waals surface area (Å²) in [5.41, 5.74) is 1.01. The van der Waals surface area contributed by atoms with E-state index in [2.05, 4.69) is 23.0 Å². The lowest BCUT2D eigenvalue weighted by Gasteiger charge is -2.35. The van der Waals surface area contributed by atoms with Crippen LogP contribution in [0.2, 0.25) is 0 Å². The molecule has 0 bridgehead atoms. The summed E-state index contributed by atoms with van der Waals surface area (Å²) in [6, 6.07) is 9.99. The molecule has 2 heterocycles. The molecule has 8 heteroatoms. The van der Waals surface area contributed by atoms with Crippen molar-refractivity contribution in [3.05, 3.63) is 35.9 Å². The van der Waals surface area contributed by atoms with E-state index in [-0.39, 0.29) is 23.9 Å². The first kappa shape index (κ1) is 24.4. The van der Waals surface area contributed by atoms with Crippen molar-refractivity contribution in [2.75, 3.05) is 26.2 Å². The number of amides is 2. The first-order valence-electron chi connectivity index (χ1n) is 12.0. The van der Waals surface area contributed by atoms with Crippen molar-refractivity contribution in [3.8, 4) is 12.4 Å². The lowest BCUT2D eigenvalue weighted by atomic mass is 9.87. The average molecular weight is 451 g/mol. The molecule has 2 saturated heterocycles. The van der Waals surface area contributed by atoms with Crippen LogP contribution in [0.5, 0.6) is 0 Å². The summed E-state index contributed by atoms with van der Waals surface area (Å²) >= 11 is 0. The molecule has 2 amide bonds. The van der Waals surface area contributed by atoms with E-state index in [1.54, 1.807) is 9.80 Å². The van der Waals surface area contributed by atoms with E-state index in [9.17, 15) is 9.59 Å². The molecule has 176 valence electrons. The molecule has 4 rings (SSSR count). The predicted octanol–water partition coefficient (Wildman–Crippen LogP) is 2.14. The van der Waals surface area contributed by atoms with Crippen LogP contribution in [0.1, 0.15) is 50.5 Å². The van der Waals surface area contributed by atoms with Crippen molar-refractivity contribution < 1.29 is 9.59 Å². The SMILES string of the molecule is N#CN1CC(NC(=O)CC2CCCCC2)C1.N#CN1CCC(NC(=O)Cc2ccccc2)C1. The number of rotatable bonds is 6. The molecule has 1 aliphatic carbocycles. The van der Waals surface area contributed by atoms with Gasteiger partial charge >= 0.3 is 0 Å². The van der Waals surface area contributed by atoms with E-state index in [1.807, 2.05) is 30.3 Å². The number of nitriles is 2.